The van der Waals surface area contributed by atoms with Crippen molar-refractivity contribution in [2.75, 3.05) is 13.2 Å². The van der Waals surface area contributed by atoms with Gasteiger partial charge in [0.05, 0.1) is 0 Å². The highest BCUT2D eigenvalue weighted by Gasteiger charge is 2.19. The van der Waals surface area contributed by atoms with E-state index in [4.69, 9.17) is 14.2 Å². The predicted octanol–water partition coefficient (Wildman–Crippen LogP) is 13.8. The quantitative estimate of drug-likeness (QED) is 0.0357. The van der Waals surface area contributed by atoms with E-state index in [1.165, 1.54) is 128 Å². The van der Waals surface area contributed by atoms with Gasteiger partial charge in [0, 0.05) is 19.3 Å². The lowest BCUT2D eigenvalue weighted by Crippen LogP contribution is -2.30. The van der Waals surface area contributed by atoms with Crippen LogP contribution < -0.4 is 0 Å². The van der Waals surface area contributed by atoms with Gasteiger partial charge < -0.3 is 14.2 Å². The summed E-state index contributed by atoms with van der Waals surface area (Å²) >= 11 is 0. The normalized spacial score (nSPS) is 12.1. The van der Waals surface area contributed by atoms with Crippen LogP contribution in [0.1, 0.15) is 240 Å². The number of ether oxygens (including phenoxy) is 3. The molecule has 0 aromatic rings. The Hall–Kier alpha value is -1.59. The van der Waals surface area contributed by atoms with Crippen molar-refractivity contribution in [2.24, 2.45) is 11.8 Å². The van der Waals surface area contributed by atoms with E-state index in [2.05, 4.69) is 34.6 Å². The molecule has 0 radical (unpaired) electrons. The van der Waals surface area contributed by atoms with Gasteiger partial charge in [-0.15, -0.1) is 0 Å². The summed E-state index contributed by atoms with van der Waals surface area (Å²) in [5, 5.41) is 0. The maximum atomic E-state index is 12.7. The monoisotopic (exact) mass is 723 g/mol. The third-order valence-corrected chi connectivity index (χ3v) is 9.97. The van der Waals surface area contributed by atoms with Crippen LogP contribution in [0.25, 0.3) is 0 Å². The summed E-state index contributed by atoms with van der Waals surface area (Å²) in [6, 6.07) is 0. The number of carbonyl (C=O) groups is 3. The summed E-state index contributed by atoms with van der Waals surface area (Å²) in [5.74, 6) is 0.769. The zero-order valence-corrected chi connectivity index (χ0v) is 34.7. The fourth-order valence-electron chi connectivity index (χ4n) is 6.58. The van der Waals surface area contributed by atoms with Crippen molar-refractivity contribution in [3.05, 3.63) is 0 Å². The molecule has 0 aliphatic rings. The van der Waals surface area contributed by atoms with Crippen molar-refractivity contribution < 1.29 is 28.6 Å². The van der Waals surface area contributed by atoms with Crippen LogP contribution in [0.5, 0.6) is 0 Å². The number of esters is 3. The molecule has 0 aromatic heterocycles. The molecule has 0 unspecified atom stereocenters. The molecule has 0 aliphatic heterocycles. The summed E-state index contributed by atoms with van der Waals surface area (Å²) in [4.78, 5) is 37.5. The van der Waals surface area contributed by atoms with Crippen molar-refractivity contribution in [1.29, 1.82) is 0 Å². The summed E-state index contributed by atoms with van der Waals surface area (Å²) in [7, 11) is 0. The Morgan fingerprint density at radius 2 is 0.647 bits per heavy atom. The molecule has 0 heterocycles. The number of unbranched alkanes of at least 4 members (excludes halogenated alkanes) is 24. The summed E-state index contributed by atoms with van der Waals surface area (Å²) in [5.41, 5.74) is 0. The van der Waals surface area contributed by atoms with Gasteiger partial charge in [-0.1, -0.05) is 202 Å². The van der Waals surface area contributed by atoms with Gasteiger partial charge in [-0.3, -0.25) is 14.4 Å². The molecule has 0 bridgehead atoms. The van der Waals surface area contributed by atoms with Crippen LogP contribution in [0.3, 0.4) is 0 Å². The van der Waals surface area contributed by atoms with E-state index in [-0.39, 0.29) is 31.1 Å². The molecule has 302 valence electrons. The van der Waals surface area contributed by atoms with Crippen molar-refractivity contribution in [3.8, 4) is 0 Å². The fourth-order valence-corrected chi connectivity index (χ4v) is 6.58. The zero-order chi connectivity index (χ0) is 37.6. The number of rotatable bonds is 39. The molecule has 0 saturated heterocycles. The van der Waals surface area contributed by atoms with E-state index in [1.807, 2.05) is 0 Å². The highest BCUT2D eigenvalue weighted by atomic mass is 16.6. The highest BCUT2D eigenvalue weighted by molar-refractivity contribution is 5.71. The van der Waals surface area contributed by atoms with E-state index < -0.39 is 6.10 Å². The van der Waals surface area contributed by atoms with Gasteiger partial charge in [-0.25, -0.2) is 0 Å². The largest absolute Gasteiger partial charge is 0.462 e. The van der Waals surface area contributed by atoms with Crippen molar-refractivity contribution in [2.45, 2.75) is 246 Å². The molecule has 0 aliphatic carbocycles. The maximum Gasteiger partial charge on any atom is 0.306 e. The average Bonchev–Trinajstić information content (AvgIpc) is 3.09. The Bertz CT molecular complexity index is 779. The Kier molecular flexibility index (Phi) is 37.0. The first-order valence-electron chi connectivity index (χ1n) is 22.2. The molecular formula is C45H86O6. The summed E-state index contributed by atoms with van der Waals surface area (Å²) in [6.07, 6.45) is 35.3. The summed E-state index contributed by atoms with van der Waals surface area (Å²) < 4.78 is 16.6. The minimum absolute atomic E-state index is 0.0656. The van der Waals surface area contributed by atoms with E-state index in [1.54, 1.807) is 0 Å². The van der Waals surface area contributed by atoms with Gasteiger partial charge in [0.2, 0.25) is 0 Å². The lowest BCUT2D eigenvalue weighted by molar-refractivity contribution is -0.167. The smallest absolute Gasteiger partial charge is 0.306 e. The Morgan fingerprint density at radius 1 is 0.373 bits per heavy atom. The third-order valence-electron chi connectivity index (χ3n) is 9.97. The van der Waals surface area contributed by atoms with Gasteiger partial charge >= 0.3 is 17.9 Å². The third kappa shape index (κ3) is 39.5. The van der Waals surface area contributed by atoms with Gasteiger partial charge in [0.25, 0.3) is 0 Å². The predicted molar refractivity (Wildman–Crippen MR) is 215 cm³/mol. The topological polar surface area (TPSA) is 78.9 Å². The van der Waals surface area contributed by atoms with E-state index in [0.717, 1.165) is 69.6 Å². The second-order valence-corrected chi connectivity index (χ2v) is 16.3. The number of carbonyl (C=O) groups excluding carboxylic acids is 3. The highest BCUT2D eigenvalue weighted by Crippen LogP contribution is 2.16. The zero-order valence-electron chi connectivity index (χ0n) is 34.7. The van der Waals surface area contributed by atoms with Crippen LogP contribution in [0.2, 0.25) is 0 Å². The van der Waals surface area contributed by atoms with Crippen LogP contribution >= 0.6 is 0 Å². The second kappa shape index (κ2) is 38.1. The molecule has 0 amide bonds. The molecule has 6 nitrogen and oxygen atoms in total. The first kappa shape index (κ1) is 49.4. The average molecular weight is 723 g/mol. The number of hydrogen-bond donors (Lipinski definition) is 0. The van der Waals surface area contributed by atoms with E-state index in [0.29, 0.717) is 19.3 Å². The first-order chi connectivity index (χ1) is 24.7. The molecule has 51 heavy (non-hydrogen) atoms. The van der Waals surface area contributed by atoms with Crippen molar-refractivity contribution >= 4 is 17.9 Å². The van der Waals surface area contributed by atoms with Gasteiger partial charge in [0.1, 0.15) is 13.2 Å². The second-order valence-electron chi connectivity index (χ2n) is 16.3. The Labute approximate surface area is 317 Å². The SMILES string of the molecule is CCCCCCCCCC(=O)OC[C@@H](COC(=O)CCCCCCCCCCCCC(C)C)OC(=O)CCCCCCCCCCCCC(C)C. The van der Waals surface area contributed by atoms with Crippen LogP contribution in [0.15, 0.2) is 0 Å². The van der Waals surface area contributed by atoms with Gasteiger partial charge in [-0.2, -0.15) is 0 Å². The lowest BCUT2D eigenvalue weighted by Gasteiger charge is -2.18. The molecule has 0 aromatic carbocycles. The molecule has 0 N–H and O–H groups in total. The molecule has 1 atom stereocenters. The Morgan fingerprint density at radius 3 is 0.961 bits per heavy atom. The number of hydrogen-bond acceptors (Lipinski definition) is 6. The molecule has 0 spiro atoms. The molecule has 0 saturated carbocycles. The maximum absolute atomic E-state index is 12.7. The molecule has 0 rings (SSSR count). The van der Waals surface area contributed by atoms with E-state index in [9.17, 15) is 14.4 Å². The van der Waals surface area contributed by atoms with Gasteiger partial charge in [0.15, 0.2) is 6.10 Å². The molecular weight excluding hydrogens is 636 g/mol. The minimum atomic E-state index is -0.759. The molecule has 0 fully saturated rings. The lowest BCUT2D eigenvalue weighted by atomic mass is 10.0. The standard InChI is InChI=1S/C45H86O6/c1-6-7-8-9-18-25-30-35-43(46)49-38-42(51-45(48)37-32-27-22-17-13-11-15-20-24-29-34-41(4)5)39-50-44(47)36-31-26-21-16-12-10-14-19-23-28-33-40(2)3/h40-42H,6-39H2,1-5H3/t42-/m0/s1. The van der Waals surface area contributed by atoms with Crippen LogP contribution in [0, 0.1) is 11.8 Å². The molecule has 6 heteroatoms. The van der Waals surface area contributed by atoms with Crippen molar-refractivity contribution in [1.82, 2.24) is 0 Å². The first-order valence-corrected chi connectivity index (χ1v) is 22.2. The minimum Gasteiger partial charge on any atom is -0.462 e. The van der Waals surface area contributed by atoms with Crippen LogP contribution in [-0.4, -0.2) is 37.2 Å². The summed E-state index contributed by atoms with van der Waals surface area (Å²) in [6.45, 7) is 11.3. The van der Waals surface area contributed by atoms with Crippen LogP contribution in [-0.2, 0) is 28.6 Å². The van der Waals surface area contributed by atoms with E-state index >= 15 is 0 Å². The van der Waals surface area contributed by atoms with Gasteiger partial charge in [-0.05, 0) is 31.1 Å². The fraction of sp³-hybridized carbons (Fsp3) is 0.933. The van der Waals surface area contributed by atoms with Crippen molar-refractivity contribution in [3.63, 3.8) is 0 Å². The Balaban J connectivity index is 4.29. The van der Waals surface area contributed by atoms with Crippen LogP contribution in [0.4, 0.5) is 0 Å².